The molecule has 0 aromatic heterocycles. The van der Waals surface area contributed by atoms with Gasteiger partial charge in [-0.25, -0.2) is 0 Å². The predicted molar refractivity (Wildman–Crippen MR) is 73.3 cm³/mol. The summed E-state index contributed by atoms with van der Waals surface area (Å²) in [6.07, 6.45) is -0.832. The molecule has 1 saturated heterocycles. The van der Waals surface area contributed by atoms with Crippen molar-refractivity contribution in [2.75, 3.05) is 11.4 Å². The number of alkyl halides is 3. The number of hydrogen-bond donors (Lipinski definition) is 1. The summed E-state index contributed by atoms with van der Waals surface area (Å²) in [5.74, 6) is -0.840. The fourth-order valence-electron chi connectivity index (χ4n) is 2.77. The van der Waals surface area contributed by atoms with Gasteiger partial charge in [-0.05, 0) is 49.9 Å². The minimum atomic E-state index is -4.33. The van der Waals surface area contributed by atoms with E-state index in [1.165, 1.54) is 12.1 Å². The number of hydrogen-bond acceptors (Lipinski definition) is 2. The second-order valence-electron chi connectivity index (χ2n) is 5.32. The topological polar surface area (TPSA) is 40.5 Å². The quantitative estimate of drug-likeness (QED) is 0.916. The summed E-state index contributed by atoms with van der Waals surface area (Å²) in [6, 6.07) is 5.20. The summed E-state index contributed by atoms with van der Waals surface area (Å²) in [7, 11) is 0. The molecule has 1 fully saturated rings. The molecule has 1 N–H and O–H groups in total. The molecule has 3 nitrogen and oxygen atoms in total. The highest BCUT2D eigenvalue weighted by Gasteiger charge is 2.30. The second-order valence-corrected chi connectivity index (χ2v) is 5.32. The summed E-state index contributed by atoms with van der Waals surface area (Å²) in [5, 5.41) is 8.78. The molecule has 0 bridgehead atoms. The molecule has 0 radical (unpaired) electrons. The van der Waals surface area contributed by atoms with Crippen molar-refractivity contribution in [3.63, 3.8) is 0 Å². The van der Waals surface area contributed by atoms with E-state index in [0.717, 1.165) is 43.6 Å². The highest BCUT2D eigenvalue weighted by atomic mass is 19.4. The number of aliphatic carboxylic acids is 1. The van der Waals surface area contributed by atoms with Crippen molar-refractivity contribution < 1.29 is 23.1 Å². The highest BCUT2D eigenvalue weighted by molar-refractivity contribution is 5.66. The first-order valence-electron chi connectivity index (χ1n) is 7.03. The molecule has 0 spiro atoms. The number of rotatable bonds is 4. The zero-order valence-electron chi connectivity index (χ0n) is 11.6. The number of anilines is 1. The number of carboxylic acids is 1. The molecule has 21 heavy (non-hydrogen) atoms. The van der Waals surface area contributed by atoms with Gasteiger partial charge < -0.3 is 10.0 Å². The van der Waals surface area contributed by atoms with Crippen molar-refractivity contribution in [2.24, 2.45) is 0 Å². The first kappa shape index (κ1) is 15.7. The van der Waals surface area contributed by atoms with E-state index in [1.54, 1.807) is 0 Å². The maximum atomic E-state index is 12.6. The third-order valence-corrected chi connectivity index (χ3v) is 3.84. The first-order valence-corrected chi connectivity index (χ1v) is 7.03. The number of benzene rings is 1. The Bertz CT molecular complexity index is 485. The molecule has 1 atom stereocenters. The summed E-state index contributed by atoms with van der Waals surface area (Å²) in [6.45, 7) is 0.760. The van der Waals surface area contributed by atoms with Crippen LogP contribution < -0.4 is 4.90 Å². The van der Waals surface area contributed by atoms with Crippen molar-refractivity contribution in [2.45, 2.75) is 44.3 Å². The molecular formula is C15H18F3NO2. The molecule has 1 aliphatic heterocycles. The third kappa shape index (κ3) is 4.12. The summed E-state index contributed by atoms with van der Waals surface area (Å²) in [4.78, 5) is 12.7. The van der Waals surface area contributed by atoms with Crippen molar-refractivity contribution in [3.8, 4) is 0 Å². The zero-order valence-corrected chi connectivity index (χ0v) is 11.6. The highest BCUT2D eigenvalue weighted by Crippen LogP contribution is 2.32. The number of nitrogens with zero attached hydrogens (tertiary/aromatic N) is 1. The molecule has 0 saturated carbocycles. The van der Waals surface area contributed by atoms with Crippen molar-refractivity contribution in [1.82, 2.24) is 0 Å². The SMILES string of the molecule is O=C(O)CCC1CCCCN1c1ccc(C(F)(F)F)cc1. The van der Waals surface area contributed by atoms with Crippen LogP contribution in [0.2, 0.25) is 0 Å². The molecule has 1 aromatic carbocycles. The van der Waals surface area contributed by atoms with E-state index in [9.17, 15) is 18.0 Å². The average molecular weight is 301 g/mol. The monoisotopic (exact) mass is 301 g/mol. The van der Waals surface area contributed by atoms with E-state index in [4.69, 9.17) is 5.11 Å². The van der Waals surface area contributed by atoms with Gasteiger partial charge in [0.15, 0.2) is 0 Å². The summed E-state index contributed by atoms with van der Waals surface area (Å²) in [5.41, 5.74) is 0.0726. The summed E-state index contributed by atoms with van der Waals surface area (Å²) >= 11 is 0. The van der Waals surface area contributed by atoms with Gasteiger partial charge in [-0.15, -0.1) is 0 Å². The van der Waals surface area contributed by atoms with Crippen LogP contribution in [-0.4, -0.2) is 23.7 Å². The Labute approximate surface area is 121 Å². The van der Waals surface area contributed by atoms with Gasteiger partial charge in [0.25, 0.3) is 0 Å². The Kier molecular flexibility index (Phi) is 4.75. The molecule has 1 aliphatic rings. The first-order chi connectivity index (χ1) is 9.88. The van der Waals surface area contributed by atoms with Gasteiger partial charge in [0.05, 0.1) is 5.56 Å². The van der Waals surface area contributed by atoms with Crippen LogP contribution in [-0.2, 0) is 11.0 Å². The van der Waals surface area contributed by atoms with Crippen LogP contribution in [0.1, 0.15) is 37.7 Å². The molecule has 0 amide bonds. The minimum Gasteiger partial charge on any atom is -0.481 e. The van der Waals surface area contributed by atoms with Gasteiger partial charge >= 0.3 is 12.1 Å². The molecule has 6 heteroatoms. The van der Waals surface area contributed by atoms with Crippen molar-refractivity contribution >= 4 is 11.7 Å². The standard InChI is InChI=1S/C15H18F3NO2/c16-15(17,18)11-4-6-13(7-5-11)19-10-2-1-3-12(19)8-9-14(20)21/h4-7,12H,1-3,8-10H2,(H,20,21). The van der Waals surface area contributed by atoms with E-state index in [1.807, 2.05) is 4.90 Å². The van der Waals surface area contributed by atoms with Gasteiger partial charge in [0, 0.05) is 24.7 Å². The van der Waals surface area contributed by atoms with Crippen molar-refractivity contribution in [3.05, 3.63) is 29.8 Å². The predicted octanol–water partition coefficient (Wildman–Crippen LogP) is 3.93. The Morgan fingerprint density at radius 2 is 1.90 bits per heavy atom. The fraction of sp³-hybridized carbons (Fsp3) is 0.533. The second kappa shape index (κ2) is 6.37. The maximum Gasteiger partial charge on any atom is 0.416 e. The van der Waals surface area contributed by atoms with Gasteiger partial charge in [-0.1, -0.05) is 0 Å². The van der Waals surface area contributed by atoms with Crippen LogP contribution in [0, 0.1) is 0 Å². The Balaban J connectivity index is 2.11. The number of halogens is 3. The van der Waals surface area contributed by atoms with Crippen LogP contribution >= 0.6 is 0 Å². The van der Waals surface area contributed by atoms with Gasteiger partial charge in [0.2, 0.25) is 0 Å². The van der Waals surface area contributed by atoms with Crippen LogP contribution in [0.25, 0.3) is 0 Å². The molecular weight excluding hydrogens is 283 g/mol. The lowest BCUT2D eigenvalue weighted by Crippen LogP contribution is -2.39. The van der Waals surface area contributed by atoms with Crippen LogP contribution in [0.3, 0.4) is 0 Å². The molecule has 116 valence electrons. The Morgan fingerprint density at radius 1 is 1.24 bits per heavy atom. The zero-order chi connectivity index (χ0) is 15.5. The Hall–Kier alpha value is -1.72. The van der Waals surface area contributed by atoms with Crippen LogP contribution in [0.5, 0.6) is 0 Å². The molecule has 0 aliphatic carbocycles. The van der Waals surface area contributed by atoms with E-state index >= 15 is 0 Å². The lowest BCUT2D eigenvalue weighted by atomic mass is 9.97. The largest absolute Gasteiger partial charge is 0.481 e. The van der Waals surface area contributed by atoms with Gasteiger partial charge in [0.1, 0.15) is 0 Å². The fourth-order valence-corrected chi connectivity index (χ4v) is 2.77. The third-order valence-electron chi connectivity index (χ3n) is 3.84. The number of piperidine rings is 1. The smallest absolute Gasteiger partial charge is 0.416 e. The minimum absolute atomic E-state index is 0.0851. The van der Waals surface area contributed by atoms with E-state index in [-0.39, 0.29) is 12.5 Å². The van der Waals surface area contributed by atoms with Crippen molar-refractivity contribution in [1.29, 1.82) is 0 Å². The lowest BCUT2D eigenvalue weighted by Gasteiger charge is -2.37. The average Bonchev–Trinajstić information content (AvgIpc) is 2.44. The number of carboxylic acid groups (broad SMARTS) is 1. The van der Waals surface area contributed by atoms with Crippen LogP contribution in [0.4, 0.5) is 18.9 Å². The van der Waals surface area contributed by atoms with Crippen LogP contribution in [0.15, 0.2) is 24.3 Å². The van der Waals surface area contributed by atoms with Gasteiger partial charge in [-0.2, -0.15) is 13.2 Å². The molecule has 2 rings (SSSR count). The normalized spacial score (nSPS) is 19.6. The van der Waals surface area contributed by atoms with E-state index in [0.29, 0.717) is 6.42 Å². The molecule has 1 aromatic rings. The lowest BCUT2D eigenvalue weighted by molar-refractivity contribution is -0.138. The molecule has 1 unspecified atom stereocenters. The van der Waals surface area contributed by atoms with E-state index in [2.05, 4.69) is 0 Å². The van der Waals surface area contributed by atoms with Gasteiger partial charge in [-0.3, -0.25) is 4.79 Å². The van der Waals surface area contributed by atoms with E-state index < -0.39 is 17.7 Å². The maximum absolute atomic E-state index is 12.6. The summed E-state index contributed by atoms with van der Waals surface area (Å²) < 4.78 is 37.7. The molecule has 1 heterocycles. The number of carbonyl (C=O) groups is 1. The Morgan fingerprint density at radius 3 is 2.48 bits per heavy atom.